The lowest BCUT2D eigenvalue weighted by Crippen LogP contribution is -2.44. The first kappa shape index (κ1) is 21.5. The van der Waals surface area contributed by atoms with Crippen molar-refractivity contribution < 1.29 is 9.53 Å². The summed E-state index contributed by atoms with van der Waals surface area (Å²) in [6.07, 6.45) is 3.41. The van der Waals surface area contributed by atoms with E-state index in [2.05, 4.69) is 34.7 Å². The van der Waals surface area contributed by atoms with Gasteiger partial charge in [-0.3, -0.25) is 9.89 Å². The van der Waals surface area contributed by atoms with E-state index in [1.807, 2.05) is 20.8 Å². The minimum absolute atomic E-state index is 0.392. The van der Waals surface area contributed by atoms with Crippen LogP contribution in [-0.2, 0) is 4.74 Å². The first-order chi connectivity index (χ1) is 11.9. The molecule has 1 amide bonds. The highest BCUT2D eigenvalue weighted by molar-refractivity contribution is 5.79. The molecule has 0 spiro atoms. The van der Waals surface area contributed by atoms with Crippen LogP contribution in [0.1, 0.15) is 53.9 Å². The normalized spacial score (nSPS) is 19.4. The van der Waals surface area contributed by atoms with Crippen LogP contribution < -0.4 is 16.0 Å². The number of hydrogen-bond acceptors (Lipinski definition) is 4. The van der Waals surface area contributed by atoms with Gasteiger partial charge < -0.3 is 20.7 Å². The lowest BCUT2D eigenvalue weighted by molar-refractivity contribution is 0.0529. The fourth-order valence-corrected chi connectivity index (χ4v) is 2.88. The molecule has 0 bridgehead atoms. The Hall–Kier alpha value is -1.50. The Kier molecular flexibility index (Phi) is 9.63. The molecule has 25 heavy (non-hydrogen) atoms. The number of guanidine groups is 1. The summed E-state index contributed by atoms with van der Waals surface area (Å²) in [5, 5.41) is 9.26. The number of carbonyl (C=O) groups excluding carboxylic acids is 1. The summed E-state index contributed by atoms with van der Waals surface area (Å²) in [4.78, 5) is 18.9. The van der Waals surface area contributed by atoms with E-state index in [0.29, 0.717) is 19.1 Å². The van der Waals surface area contributed by atoms with Crippen molar-refractivity contribution in [3.05, 3.63) is 0 Å². The van der Waals surface area contributed by atoms with Crippen LogP contribution in [0.2, 0.25) is 0 Å². The second-order valence-electron chi connectivity index (χ2n) is 7.35. The molecule has 0 aromatic rings. The van der Waals surface area contributed by atoms with Crippen LogP contribution in [0, 0.1) is 0 Å². The van der Waals surface area contributed by atoms with Crippen LogP contribution in [0.4, 0.5) is 4.79 Å². The van der Waals surface area contributed by atoms with Gasteiger partial charge in [0.2, 0.25) is 0 Å². The van der Waals surface area contributed by atoms with Gasteiger partial charge in [0.25, 0.3) is 0 Å². The maximum absolute atomic E-state index is 11.6. The molecule has 1 saturated heterocycles. The van der Waals surface area contributed by atoms with Crippen molar-refractivity contribution in [3.63, 3.8) is 0 Å². The molecule has 146 valence electrons. The summed E-state index contributed by atoms with van der Waals surface area (Å²) in [5.41, 5.74) is -0.473. The topological polar surface area (TPSA) is 78.0 Å². The van der Waals surface area contributed by atoms with Gasteiger partial charge in [0.05, 0.1) is 6.54 Å². The van der Waals surface area contributed by atoms with Gasteiger partial charge in [0.1, 0.15) is 5.60 Å². The van der Waals surface area contributed by atoms with Crippen molar-refractivity contribution in [2.24, 2.45) is 4.99 Å². The van der Waals surface area contributed by atoms with Crippen LogP contribution >= 0.6 is 0 Å². The van der Waals surface area contributed by atoms with Crippen molar-refractivity contribution in [2.75, 3.05) is 39.3 Å². The zero-order valence-electron chi connectivity index (χ0n) is 16.7. The number of carbonyl (C=O) groups is 1. The van der Waals surface area contributed by atoms with Gasteiger partial charge >= 0.3 is 6.09 Å². The Morgan fingerprint density at radius 1 is 1.16 bits per heavy atom. The molecule has 1 rings (SSSR count). The lowest BCUT2D eigenvalue weighted by atomic mass is 10.0. The second-order valence-corrected chi connectivity index (χ2v) is 7.35. The third kappa shape index (κ3) is 9.53. The molecule has 1 fully saturated rings. The summed E-state index contributed by atoms with van der Waals surface area (Å²) in [6.45, 7) is 14.8. The van der Waals surface area contributed by atoms with Crippen molar-refractivity contribution in [1.82, 2.24) is 20.9 Å². The highest BCUT2D eigenvalue weighted by Gasteiger charge is 2.20. The van der Waals surface area contributed by atoms with Gasteiger partial charge in [-0.05, 0) is 53.6 Å². The maximum Gasteiger partial charge on any atom is 0.407 e. The first-order valence-electron chi connectivity index (χ1n) is 9.58. The molecular formula is C18H37N5O2. The molecule has 1 heterocycles. The molecule has 1 aliphatic rings. The van der Waals surface area contributed by atoms with Crippen LogP contribution in [0.3, 0.4) is 0 Å². The molecule has 1 aliphatic heterocycles. The number of nitrogens with zero attached hydrogens (tertiary/aromatic N) is 2. The van der Waals surface area contributed by atoms with E-state index in [1.165, 1.54) is 25.8 Å². The number of amides is 1. The number of aliphatic imine (C=N–C) groups is 1. The number of ether oxygens (including phenoxy) is 1. The zero-order chi connectivity index (χ0) is 18.7. The average Bonchev–Trinajstić information content (AvgIpc) is 2.55. The Morgan fingerprint density at radius 2 is 1.88 bits per heavy atom. The van der Waals surface area contributed by atoms with Crippen LogP contribution in [0.15, 0.2) is 4.99 Å². The summed E-state index contributed by atoms with van der Waals surface area (Å²) in [6, 6.07) is 0.536. The Morgan fingerprint density at radius 3 is 2.52 bits per heavy atom. The number of nitrogens with one attached hydrogen (secondary N) is 3. The average molecular weight is 356 g/mol. The first-order valence-corrected chi connectivity index (χ1v) is 9.58. The molecule has 0 radical (unpaired) electrons. The molecule has 0 aliphatic carbocycles. The van der Waals surface area contributed by atoms with Crippen molar-refractivity contribution in [3.8, 4) is 0 Å². The highest BCUT2D eigenvalue weighted by Crippen LogP contribution is 2.16. The largest absolute Gasteiger partial charge is 0.444 e. The summed E-state index contributed by atoms with van der Waals surface area (Å²) < 4.78 is 5.21. The van der Waals surface area contributed by atoms with Crippen LogP contribution in [0.5, 0.6) is 0 Å². The number of rotatable bonds is 7. The molecule has 7 heteroatoms. The van der Waals surface area contributed by atoms with E-state index in [0.717, 1.165) is 25.6 Å². The summed E-state index contributed by atoms with van der Waals surface area (Å²) in [5.74, 6) is 0.801. The van der Waals surface area contributed by atoms with E-state index in [1.54, 1.807) is 0 Å². The summed E-state index contributed by atoms with van der Waals surface area (Å²) >= 11 is 0. The number of hydrogen-bond donors (Lipinski definition) is 3. The standard InChI is InChI=1S/C18H37N5O2/c1-6-19-16(20-11-12-21-17(24)25-18(3,4)5)22-14-15-10-8-9-13-23(15)7-2/h15H,6-14H2,1-5H3,(H,21,24)(H2,19,20,22). The van der Waals surface area contributed by atoms with Gasteiger partial charge in [-0.15, -0.1) is 0 Å². The van der Waals surface area contributed by atoms with Crippen LogP contribution in [0.25, 0.3) is 0 Å². The molecule has 0 saturated carbocycles. The SMILES string of the molecule is CCNC(=NCC1CCCCN1CC)NCCNC(=O)OC(C)(C)C. The maximum atomic E-state index is 11.6. The molecular weight excluding hydrogens is 318 g/mol. The van der Waals surface area contributed by atoms with Gasteiger partial charge in [0.15, 0.2) is 5.96 Å². The molecule has 1 unspecified atom stereocenters. The number of alkyl carbamates (subject to hydrolysis) is 1. The molecule has 0 aromatic carbocycles. The highest BCUT2D eigenvalue weighted by atomic mass is 16.6. The minimum Gasteiger partial charge on any atom is -0.444 e. The monoisotopic (exact) mass is 355 g/mol. The van der Waals surface area contributed by atoms with Crippen molar-refractivity contribution >= 4 is 12.1 Å². The van der Waals surface area contributed by atoms with Crippen molar-refractivity contribution in [1.29, 1.82) is 0 Å². The molecule has 3 N–H and O–H groups in total. The van der Waals surface area contributed by atoms with Gasteiger partial charge in [-0.1, -0.05) is 13.3 Å². The van der Waals surface area contributed by atoms with E-state index in [4.69, 9.17) is 9.73 Å². The predicted octanol–water partition coefficient (Wildman–Crippen LogP) is 1.94. The predicted molar refractivity (Wildman–Crippen MR) is 103 cm³/mol. The summed E-state index contributed by atoms with van der Waals surface area (Å²) in [7, 11) is 0. The van der Waals surface area contributed by atoms with Gasteiger partial charge in [-0.25, -0.2) is 4.79 Å². The fraction of sp³-hybridized carbons (Fsp3) is 0.889. The number of piperidine rings is 1. The minimum atomic E-state index is -0.473. The Bertz CT molecular complexity index is 420. The smallest absolute Gasteiger partial charge is 0.407 e. The fourth-order valence-electron chi connectivity index (χ4n) is 2.88. The van der Waals surface area contributed by atoms with Gasteiger partial charge in [-0.2, -0.15) is 0 Å². The van der Waals surface area contributed by atoms with E-state index in [9.17, 15) is 4.79 Å². The lowest BCUT2D eigenvalue weighted by Gasteiger charge is -2.33. The van der Waals surface area contributed by atoms with E-state index < -0.39 is 11.7 Å². The zero-order valence-corrected chi connectivity index (χ0v) is 16.7. The Balaban J connectivity index is 2.36. The quantitative estimate of drug-likeness (QED) is 0.370. The van der Waals surface area contributed by atoms with E-state index >= 15 is 0 Å². The third-order valence-electron chi connectivity index (χ3n) is 4.05. The molecule has 0 aromatic heterocycles. The van der Waals surface area contributed by atoms with Crippen molar-refractivity contribution in [2.45, 2.75) is 65.5 Å². The number of likely N-dealkylation sites (N-methyl/N-ethyl adjacent to an activating group) is 1. The van der Waals surface area contributed by atoms with E-state index in [-0.39, 0.29) is 0 Å². The van der Waals surface area contributed by atoms with Gasteiger partial charge in [0, 0.05) is 25.7 Å². The molecule has 7 nitrogen and oxygen atoms in total. The van der Waals surface area contributed by atoms with Crippen LogP contribution in [-0.4, -0.2) is 67.9 Å². The Labute approximate surface area is 153 Å². The third-order valence-corrected chi connectivity index (χ3v) is 4.05. The number of likely N-dealkylation sites (tertiary alicyclic amines) is 1. The molecule has 1 atom stereocenters. The second kappa shape index (κ2) is 11.2.